The van der Waals surface area contributed by atoms with Gasteiger partial charge >= 0.3 is 0 Å². The van der Waals surface area contributed by atoms with E-state index in [0.29, 0.717) is 12.0 Å². The highest BCUT2D eigenvalue weighted by Gasteiger charge is 2.29. The molecular weight excluding hydrogens is 262 g/mol. The van der Waals surface area contributed by atoms with Crippen molar-refractivity contribution < 1.29 is 0 Å². The third kappa shape index (κ3) is 2.55. The third-order valence-electron chi connectivity index (χ3n) is 4.43. The maximum atomic E-state index is 3.75. The molecule has 2 aromatic rings. The molecule has 1 aliphatic rings. The summed E-state index contributed by atoms with van der Waals surface area (Å²) in [5.41, 5.74) is 4.56. The van der Waals surface area contributed by atoms with Gasteiger partial charge in [-0.15, -0.1) is 11.3 Å². The minimum Gasteiger partial charge on any atom is -0.309 e. The molecule has 0 aliphatic heterocycles. The van der Waals surface area contributed by atoms with Crippen molar-refractivity contribution >= 4 is 11.3 Å². The van der Waals surface area contributed by atoms with E-state index in [4.69, 9.17) is 0 Å². The molecule has 20 heavy (non-hydrogen) atoms. The number of hydrogen-bond acceptors (Lipinski definition) is 2. The van der Waals surface area contributed by atoms with Crippen molar-refractivity contribution in [3.05, 3.63) is 57.3 Å². The predicted octanol–water partition coefficient (Wildman–Crippen LogP) is 4.83. The average molecular weight is 285 g/mol. The number of thiophene rings is 1. The van der Waals surface area contributed by atoms with Crippen LogP contribution in [0.2, 0.25) is 0 Å². The summed E-state index contributed by atoms with van der Waals surface area (Å²) in [5, 5.41) is 5.97. The molecule has 1 heterocycles. The van der Waals surface area contributed by atoms with Gasteiger partial charge in [0.15, 0.2) is 0 Å². The van der Waals surface area contributed by atoms with Crippen molar-refractivity contribution in [2.75, 3.05) is 6.54 Å². The molecule has 0 radical (unpaired) electrons. The molecule has 0 amide bonds. The Morgan fingerprint density at radius 1 is 1.30 bits per heavy atom. The van der Waals surface area contributed by atoms with Gasteiger partial charge in [-0.05, 0) is 60.9 Å². The van der Waals surface area contributed by atoms with Gasteiger partial charge < -0.3 is 5.32 Å². The third-order valence-corrected chi connectivity index (χ3v) is 5.53. The van der Waals surface area contributed by atoms with Crippen molar-refractivity contribution in [2.24, 2.45) is 0 Å². The number of likely N-dealkylation sites (N-methyl/N-ethyl adjacent to an activating group) is 1. The normalized spacial score (nSPS) is 19.6. The topological polar surface area (TPSA) is 12.0 Å². The molecule has 106 valence electrons. The van der Waals surface area contributed by atoms with E-state index in [0.717, 1.165) is 6.54 Å². The lowest BCUT2D eigenvalue weighted by molar-refractivity contribution is 0.412. The first kappa shape index (κ1) is 13.8. The van der Waals surface area contributed by atoms with Crippen LogP contribution in [0.4, 0.5) is 0 Å². The first-order valence-electron chi connectivity index (χ1n) is 7.66. The molecule has 0 fully saturated rings. The molecule has 0 spiro atoms. The van der Waals surface area contributed by atoms with Crippen LogP contribution >= 0.6 is 11.3 Å². The molecular formula is C18H23NS. The standard InChI is InChI=1S/C18H23NS/c1-3-19-17(18-13(2)11-12-20-18)16-10-6-8-14-7-4-5-9-15(14)16/h4-5,7,9,11-12,16-17,19H,3,6,8,10H2,1-2H3. The average Bonchev–Trinajstić information content (AvgIpc) is 2.90. The zero-order chi connectivity index (χ0) is 13.9. The number of nitrogens with one attached hydrogen (secondary N) is 1. The van der Waals surface area contributed by atoms with Crippen LogP contribution in [0.25, 0.3) is 0 Å². The lowest BCUT2D eigenvalue weighted by Gasteiger charge is -2.33. The zero-order valence-corrected chi connectivity index (χ0v) is 13.2. The van der Waals surface area contributed by atoms with Crippen LogP contribution < -0.4 is 5.32 Å². The van der Waals surface area contributed by atoms with Crippen LogP contribution in [-0.4, -0.2) is 6.54 Å². The maximum Gasteiger partial charge on any atom is 0.0487 e. The Labute approximate surface area is 126 Å². The van der Waals surface area contributed by atoms with Crippen molar-refractivity contribution in [2.45, 2.75) is 45.1 Å². The van der Waals surface area contributed by atoms with E-state index >= 15 is 0 Å². The molecule has 1 nitrogen and oxygen atoms in total. The van der Waals surface area contributed by atoms with Crippen molar-refractivity contribution in [3.63, 3.8) is 0 Å². The van der Waals surface area contributed by atoms with Crippen LogP contribution in [0, 0.1) is 6.92 Å². The van der Waals surface area contributed by atoms with Gasteiger partial charge in [0, 0.05) is 16.8 Å². The van der Waals surface area contributed by atoms with E-state index in [1.165, 1.54) is 29.7 Å². The van der Waals surface area contributed by atoms with Gasteiger partial charge in [0.2, 0.25) is 0 Å². The SMILES string of the molecule is CCNC(c1sccc1C)C1CCCc2ccccc21. The summed E-state index contributed by atoms with van der Waals surface area (Å²) in [7, 11) is 0. The second kappa shape index (κ2) is 6.11. The van der Waals surface area contributed by atoms with E-state index in [9.17, 15) is 0 Å². The molecule has 2 atom stereocenters. The molecule has 0 saturated heterocycles. The maximum absolute atomic E-state index is 3.75. The zero-order valence-electron chi connectivity index (χ0n) is 12.4. The first-order chi connectivity index (χ1) is 9.81. The highest BCUT2D eigenvalue weighted by molar-refractivity contribution is 7.10. The molecule has 1 aliphatic carbocycles. The predicted molar refractivity (Wildman–Crippen MR) is 87.6 cm³/mol. The summed E-state index contributed by atoms with van der Waals surface area (Å²) in [5.74, 6) is 0.622. The number of aryl methyl sites for hydroxylation is 2. The summed E-state index contributed by atoms with van der Waals surface area (Å²) in [6.07, 6.45) is 3.86. The van der Waals surface area contributed by atoms with Gasteiger partial charge in [0.1, 0.15) is 0 Å². The summed E-state index contributed by atoms with van der Waals surface area (Å²) in [4.78, 5) is 1.52. The van der Waals surface area contributed by atoms with Gasteiger partial charge in [0.25, 0.3) is 0 Å². The van der Waals surface area contributed by atoms with E-state index in [1.54, 1.807) is 11.1 Å². The summed E-state index contributed by atoms with van der Waals surface area (Å²) in [6.45, 7) is 5.48. The molecule has 2 unspecified atom stereocenters. The molecule has 0 saturated carbocycles. The Hall–Kier alpha value is -1.12. The Balaban J connectivity index is 1.99. The lowest BCUT2D eigenvalue weighted by Crippen LogP contribution is -2.29. The second-order valence-corrected chi connectivity index (χ2v) is 6.65. The first-order valence-corrected chi connectivity index (χ1v) is 8.54. The van der Waals surface area contributed by atoms with Gasteiger partial charge in [-0.2, -0.15) is 0 Å². The van der Waals surface area contributed by atoms with Crippen LogP contribution in [0.15, 0.2) is 35.7 Å². The fraction of sp³-hybridized carbons (Fsp3) is 0.444. The van der Waals surface area contributed by atoms with Gasteiger partial charge in [-0.25, -0.2) is 0 Å². The van der Waals surface area contributed by atoms with Gasteiger partial charge in [0.05, 0.1) is 0 Å². The summed E-state index contributed by atoms with van der Waals surface area (Å²) >= 11 is 1.90. The van der Waals surface area contributed by atoms with Crippen LogP contribution in [0.1, 0.15) is 53.3 Å². The molecule has 2 heteroatoms. The highest BCUT2D eigenvalue weighted by atomic mass is 32.1. The van der Waals surface area contributed by atoms with Crippen molar-refractivity contribution in [1.82, 2.24) is 5.32 Å². The lowest BCUT2D eigenvalue weighted by atomic mass is 9.78. The molecule has 1 N–H and O–H groups in total. The fourth-order valence-electron chi connectivity index (χ4n) is 3.48. The highest BCUT2D eigenvalue weighted by Crippen LogP contribution is 2.42. The summed E-state index contributed by atoms with van der Waals surface area (Å²) < 4.78 is 0. The number of fused-ring (bicyclic) bond motifs is 1. The Morgan fingerprint density at radius 2 is 2.15 bits per heavy atom. The molecule has 1 aromatic carbocycles. The Bertz CT molecular complexity index is 572. The smallest absolute Gasteiger partial charge is 0.0487 e. The Morgan fingerprint density at radius 3 is 2.90 bits per heavy atom. The number of hydrogen-bond donors (Lipinski definition) is 1. The van der Waals surface area contributed by atoms with Gasteiger partial charge in [-0.1, -0.05) is 31.2 Å². The number of benzene rings is 1. The van der Waals surface area contributed by atoms with Gasteiger partial charge in [-0.3, -0.25) is 0 Å². The van der Waals surface area contributed by atoms with Crippen molar-refractivity contribution in [1.29, 1.82) is 0 Å². The fourth-order valence-corrected chi connectivity index (χ4v) is 4.55. The van der Waals surface area contributed by atoms with Crippen LogP contribution in [-0.2, 0) is 6.42 Å². The number of rotatable bonds is 4. The Kier molecular flexibility index (Phi) is 4.23. The van der Waals surface area contributed by atoms with E-state index in [2.05, 4.69) is 54.9 Å². The molecule has 0 bridgehead atoms. The largest absolute Gasteiger partial charge is 0.309 e. The minimum absolute atomic E-state index is 0.474. The van der Waals surface area contributed by atoms with Crippen molar-refractivity contribution in [3.8, 4) is 0 Å². The van der Waals surface area contributed by atoms with Crippen LogP contribution in [0.3, 0.4) is 0 Å². The van der Waals surface area contributed by atoms with E-state index < -0.39 is 0 Å². The van der Waals surface area contributed by atoms with Crippen LogP contribution in [0.5, 0.6) is 0 Å². The monoisotopic (exact) mass is 285 g/mol. The van der Waals surface area contributed by atoms with E-state index in [-0.39, 0.29) is 0 Å². The molecule has 3 rings (SSSR count). The molecule has 1 aromatic heterocycles. The quantitative estimate of drug-likeness (QED) is 0.848. The summed E-state index contributed by atoms with van der Waals surface area (Å²) in [6, 6.07) is 11.7. The minimum atomic E-state index is 0.474. The van der Waals surface area contributed by atoms with E-state index in [1.807, 2.05) is 11.3 Å². The second-order valence-electron chi connectivity index (χ2n) is 5.70.